The molecule has 0 radical (unpaired) electrons. The van der Waals surface area contributed by atoms with E-state index < -0.39 is 0 Å². The van der Waals surface area contributed by atoms with E-state index in [2.05, 4.69) is 60.4 Å². The number of fused-ring (bicyclic) bond motifs is 2. The number of aryl methyl sites for hydroxylation is 2. The number of nitrogens with zero attached hydrogens (tertiary/aromatic N) is 1. The van der Waals surface area contributed by atoms with Crippen molar-refractivity contribution in [1.29, 1.82) is 0 Å². The summed E-state index contributed by atoms with van der Waals surface area (Å²) in [6.07, 6.45) is 7.55. The molecule has 0 bridgehead atoms. The molecule has 0 amide bonds. The van der Waals surface area contributed by atoms with Crippen LogP contribution in [0, 0.1) is 0 Å². The Balaban J connectivity index is 1.91. The van der Waals surface area contributed by atoms with Gasteiger partial charge in [-0.05, 0) is 42.5 Å². The van der Waals surface area contributed by atoms with Crippen LogP contribution in [0.2, 0.25) is 0 Å². The first-order valence-corrected chi connectivity index (χ1v) is 8.33. The SMILES string of the molecule is CCCCCCN1c2ccccc2CCc2ccccc21. The van der Waals surface area contributed by atoms with Crippen LogP contribution in [0.1, 0.15) is 43.7 Å². The minimum Gasteiger partial charge on any atom is -0.341 e. The van der Waals surface area contributed by atoms with Gasteiger partial charge in [0.05, 0.1) is 0 Å². The van der Waals surface area contributed by atoms with Gasteiger partial charge in [0.1, 0.15) is 0 Å². The number of hydrogen-bond donors (Lipinski definition) is 0. The Morgan fingerprint density at radius 3 is 1.90 bits per heavy atom. The van der Waals surface area contributed by atoms with Gasteiger partial charge in [-0.2, -0.15) is 0 Å². The van der Waals surface area contributed by atoms with Gasteiger partial charge in [0.15, 0.2) is 0 Å². The van der Waals surface area contributed by atoms with E-state index in [9.17, 15) is 0 Å². The second kappa shape index (κ2) is 6.80. The van der Waals surface area contributed by atoms with E-state index >= 15 is 0 Å². The number of benzene rings is 2. The predicted octanol–water partition coefficient (Wildman–Crippen LogP) is 5.50. The van der Waals surface area contributed by atoms with Gasteiger partial charge < -0.3 is 4.90 Å². The lowest BCUT2D eigenvalue weighted by Crippen LogP contribution is -2.19. The van der Waals surface area contributed by atoms with Gasteiger partial charge in [-0.3, -0.25) is 0 Å². The van der Waals surface area contributed by atoms with Crippen LogP contribution in [0.15, 0.2) is 48.5 Å². The molecule has 0 saturated heterocycles. The third-order valence-corrected chi connectivity index (χ3v) is 4.46. The van der Waals surface area contributed by atoms with Gasteiger partial charge in [-0.25, -0.2) is 0 Å². The second-order valence-corrected chi connectivity index (χ2v) is 5.97. The summed E-state index contributed by atoms with van der Waals surface area (Å²) in [5, 5.41) is 0. The number of unbranched alkanes of at least 4 members (excludes halogenated alkanes) is 3. The topological polar surface area (TPSA) is 3.24 Å². The minimum absolute atomic E-state index is 1.13. The lowest BCUT2D eigenvalue weighted by molar-refractivity contribution is 0.668. The van der Waals surface area contributed by atoms with Crippen LogP contribution < -0.4 is 4.90 Å². The molecule has 0 unspecified atom stereocenters. The van der Waals surface area contributed by atoms with E-state index in [0.29, 0.717) is 0 Å². The highest BCUT2D eigenvalue weighted by Gasteiger charge is 2.19. The predicted molar refractivity (Wildman–Crippen MR) is 91.4 cm³/mol. The number of anilines is 2. The zero-order valence-corrected chi connectivity index (χ0v) is 13.0. The van der Waals surface area contributed by atoms with Crippen LogP contribution in [0.25, 0.3) is 0 Å². The van der Waals surface area contributed by atoms with Crippen molar-refractivity contribution in [3.63, 3.8) is 0 Å². The summed E-state index contributed by atoms with van der Waals surface area (Å²) >= 11 is 0. The second-order valence-electron chi connectivity index (χ2n) is 5.97. The Kier molecular flexibility index (Phi) is 4.59. The van der Waals surface area contributed by atoms with E-state index in [0.717, 1.165) is 19.4 Å². The molecule has 0 aliphatic carbocycles. The maximum atomic E-state index is 2.55. The summed E-state index contributed by atoms with van der Waals surface area (Å²) in [4.78, 5) is 2.55. The summed E-state index contributed by atoms with van der Waals surface area (Å²) in [5.41, 5.74) is 5.81. The average Bonchev–Trinajstić information content (AvgIpc) is 2.69. The fourth-order valence-corrected chi connectivity index (χ4v) is 3.31. The largest absolute Gasteiger partial charge is 0.341 e. The van der Waals surface area contributed by atoms with Gasteiger partial charge in [0.25, 0.3) is 0 Å². The van der Waals surface area contributed by atoms with Crippen LogP contribution in [-0.4, -0.2) is 6.54 Å². The number of para-hydroxylation sites is 2. The Morgan fingerprint density at radius 1 is 0.762 bits per heavy atom. The quantitative estimate of drug-likeness (QED) is 0.653. The van der Waals surface area contributed by atoms with Crippen molar-refractivity contribution in [2.75, 3.05) is 11.4 Å². The fraction of sp³-hybridized carbons (Fsp3) is 0.400. The first-order valence-electron chi connectivity index (χ1n) is 8.33. The Hall–Kier alpha value is -1.76. The lowest BCUT2D eigenvalue weighted by Gasteiger charge is -2.27. The summed E-state index contributed by atoms with van der Waals surface area (Å²) in [6, 6.07) is 17.8. The monoisotopic (exact) mass is 279 g/mol. The van der Waals surface area contributed by atoms with Crippen molar-refractivity contribution in [3.8, 4) is 0 Å². The minimum atomic E-state index is 1.13. The van der Waals surface area contributed by atoms with Crippen molar-refractivity contribution in [2.45, 2.75) is 45.4 Å². The molecule has 2 aromatic carbocycles. The molecule has 0 N–H and O–H groups in total. The maximum absolute atomic E-state index is 2.55. The Morgan fingerprint density at radius 2 is 1.33 bits per heavy atom. The Bertz CT molecular complexity index is 540. The molecule has 0 atom stereocenters. The molecule has 1 aliphatic heterocycles. The fourth-order valence-electron chi connectivity index (χ4n) is 3.31. The molecule has 0 saturated carbocycles. The molecule has 2 aromatic rings. The summed E-state index contributed by atoms with van der Waals surface area (Å²) in [7, 11) is 0. The molecular formula is C20H25N. The third-order valence-electron chi connectivity index (χ3n) is 4.46. The van der Waals surface area contributed by atoms with Gasteiger partial charge in [0.2, 0.25) is 0 Å². The zero-order valence-electron chi connectivity index (χ0n) is 13.0. The molecule has 1 nitrogen and oxygen atoms in total. The summed E-state index contributed by atoms with van der Waals surface area (Å²) < 4.78 is 0. The molecule has 1 aliphatic rings. The van der Waals surface area contributed by atoms with E-state index in [4.69, 9.17) is 0 Å². The molecular weight excluding hydrogens is 254 g/mol. The smallest absolute Gasteiger partial charge is 0.0443 e. The molecule has 110 valence electrons. The molecule has 1 heterocycles. The highest BCUT2D eigenvalue weighted by atomic mass is 15.1. The van der Waals surface area contributed by atoms with Crippen LogP contribution in [0.4, 0.5) is 11.4 Å². The highest BCUT2D eigenvalue weighted by molar-refractivity contribution is 5.71. The summed E-state index contributed by atoms with van der Waals surface area (Å²) in [6.45, 7) is 3.41. The standard InChI is InChI=1S/C20H25N/c1-2-3-4-9-16-21-19-12-7-5-10-17(19)14-15-18-11-6-8-13-20(18)21/h5-8,10-13H,2-4,9,14-16H2,1H3. The summed E-state index contributed by atoms with van der Waals surface area (Å²) in [5.74, 6) is 0. The van der Waals surface area contributed by atoms with Gasteiger partial charge in [0, 0.05) is 17.9 Å². The average molecular weight is 279 g/mol. The van der Waals surface area contributed by atoms with E-state index in [-0.39, 0.29) is 0 Å². The van der Waals surface area contributed by atoms with Crippen LogP contribution >= 0.6 is 0 Å². The van der Waals surface area contributed by atoms with Gasteiger partial charge in [-0.1, -0.05) is 62.6 Å². The Labute approximate surface area is 128 Å². The van der Waals surface area contributed by atoms with Crippen molar-refractivity contribution in [3.05, 3.63) is 59.7 Å². The van der Waals surface area contributed by atoms with E-state index in [1.807, 2.05) is 0 Å². The zero-order chi connectivity index (χ0) is 14.5. The van der Waals surface area contributed by atoms with E-state index in [1.54, 1.807) is 0 Å². The van der Waals surface area contributed by atoms with Crippen LogP contribution in [0.5, 0.6) is 0 Å². The maximum Gasteiger partial charge on any atom is 0.0443 e. The molecule has 1 heteroatoms. The van der Waals surface area contributed by atoms with Crippen molar-refractivity contribution in [1.82, 2.24) is 0 Å². The van der Waals surface area contributed by atoms with Gasteiger partial charge >= 0.3 is 0 Å². The van der Waals surface area contributed by atoms with Crippen LogP contribution in [0.3, 0.4) is 0 Å². The molecule has 0 fully saturated rings. The van der Waals surface area contributed by atoms with Gasteiger partial charge in [-0.15, -0.1) is 0 Å². The van der Waals surface area contributed by atoms with E-state index in [1.165, 1.54) is 48.2 Å². The molecule has 21 heavy (non-hydrogen) atoms. The first kappa shape index (κ1) is 14.2. The van der Waals surface area contributed by atoms with Crippen molar-refractivity contribution in [2.24, 2.45) is 0 Å². The first-order chi connectivity index (χ1) is 10.4. The number of rotatable bonds is 5. The van der Waals surface area contributed by atoms with Crippen LogP contribution in [-0.2, 0) is 12.8 Å². The van der Waals surface area contributed by atoms with Crippen molar-refractivity contribution < 1.29 is 0 Å². The molecule has 3 rings (SSSR count). The highest BCUT2D eigenvalue weighted by Crippen LogP contribution is 2.35. The lowest BCUT2D eigenvalue weighted by atomic mass is 10.0. The third kappa shape index (κ3) is 3.12. The number of hydrogen-bond acceptors (Lipinski definition) is 1. The normalized spacial score (nSPS) is 13.5. The van der Waals surface area contributed by atoms with Crippen molar-refractivity contribution >= 4 is 11.4 Å². The molecule has 0 aromatic heterocycles. The molecule has 0 spiro atoms.